The van der Waals surface area contributed by atoms with Gasteiger partial charge in [-0.25, -0.2) is 14.1 Å². The molecule has 210 valence electrons. The van der Waals surface area contributed by atoms with Gasteiger partial charge in [0, 0.05) is 38.8 Å². The number of halogens is 1. The minimum absolute atomic E-state index is 0.0248. The minimum Gasteiger partial charge on any atom is -0.490 e. The average Bonchev–Trinajstić information content (AvgIpc) is 3.51. The van der Waals surface area contributed by atoms with Gasteiger partial charge in [-0.1, -0.05) is 25.1 Å². The number of ether oxygens (including phenoxy) is 3. The molecular weight excluding hydrogens is 497 g/mol. The number of hydrogen-bond donors (Lipinski definition) is 1. The van der Waals surface area contributed by atoms with E-state index in [9.17, 15) is 4.39 Å². The van der Waals surface area contributed by atoms with Crippen LogP contribution in [0.5, 0.6) is 5.75 Å². The van der Waals surface area contributed by atoms with Crippen molar-refractivity contribution in [3.05, 3.63) is 72.1 Å². The molecule has 5 rings (SSSR count). The molecule has 2 aromatic carbocycles. The highest BCUT2D eigenvalue weighted by Crippen LogP contribution is 2.35. The molecule has 3 heterocycles. The van der Waals surface area contributed by atoms with E-state index in [0.29, 0.717) is 19.3 Å². The van der Waals surface area contributed by atoms with Crippen LogP contribution < -0.4 is 15.0 Å². The van der Waals surface area contributed by atoms with Gasteiger partial charge in [0.05, 0.1) is 31.0 Å². The van der Waals surface area contributed by atoms with Crippen LogP contribution in [0.1, 0.15) is 55.7 Å². The van der Waals surface area contributed by atoms with Gasteiger partial charge in [0.1, 0.15) is 30.8 Å². The maximum atomic E-state index is 13.8. The summed E-state index contributed by atoms with van der Waals surface area (Å²) in [5.41, 5.74) is 3.35. The number of nitrogens with zero attached hydrogens (tertiary/aromatic N) is 4. The molecule has 8 nitrogen and oxygen atoms in total. The van der Waals surface area contributed by atoms with Crippen molar-refractivity contribution in [1.29, 1.82) is 0 Å². The van der Waals surface area contributed by atoms with Crippen LogP contribution in [-0.4, -0.2) is 66.9 Å². The number of piperidine rings is 1. The van der Waals surface area contributed by atoms with E-state index < -0.39 is 0 Å². The summed E-state index contributed by atoms with van der Waals surface area (Å²) in [5, 5.41) is 8.10. The lowest BCUT2D eigenvalue weighted by Crippen LogP contribution is -2.47. The first kappa shape index (κ1) is 27.6. The lowest BCUT2D eigenvalue weighted by Gasteiger charge is -2.38. The summed E-state index contributed by atoms with van der Waals surface area (Å²) in [6.07, 6.45) is 7.17. The molecule has 2 aliphatic rings. The number of aromatic nitrogens is 3. The molecule has 2 aliphatic heterocycles. The fourth-order valence-electron chi connectivity index (χ4n) is 5.82. The second kappa shape index (κ2) is 13.4. The lowest BCUT2D eigenvalue weighted by atomic mass is 9.82. The summed E-state index contributed by atoms with van der Waals surface area (Å²) in [6.45, 7) is 6.66. The van der Waals surface area contributed by atoms with Crippen LogP contribution >= 0.6 is 0 Å². The van der Waals surface area contributed by atoms with Crippen molar-refractivity contribution >= 4 is 5.69 Å². The molecule has 1 fully saturated rings. The van der Waals surface area contributed by atoms with E-state index >= 15 is 0 Å². The van der Waals surface area contributed by atoms with Crippen LogP contribution in [0.3, 0.4) is 0 Å². The Kier molecular flexibility index (Phi) is 9.44. The zero-order chi connectivity index (χ0) is 27.0. The number of nitrogens with one attached hydrogen (secondary N) is 1. The average molecular weight is 538 g/mol. The van der Waals surface area contributed by atoms with Gasteiger partial charge in [-0.15, -0.1) is 0 Å². The quantitative estimate of drug-likeness (QED) is 0.335. The zero-order valence-corrected chi connectivity index (χ0v) is 23.0. The summed E-state index contributed by atoms with van der Waals surface area (Å²) in [7, 11) is 1.74. The molecule has 1 aromatic heterocycles. The second-order valence-corrected chi connectivity index (χ2v) is 10.5. The SMILES string of the molecule is CCC(C[C@H]1C[C@H](c2ccc(F)cc2)[C@@H](OCc2ccc3c(c2)N(CCCOC)CCO3)CN1)n1cncn1. The highest BCUT2D eigenvalue weighted by atomic mass is 19.1. The van der Waals surface area contributed by atoms with Crippen molar-refractivity contribution in [2.75, 3.05) is 44.9 Å². The van der Waals surface area contributed by atoms with Gasteiger partial charge < -0.3 is 24.4 Å². The van der Waals surface area contributed by atoms with E-state index in [2.05, 4.69) is 45.4 Å². The molecule has 0 radical (unpaired) electrons. The van der Waals surface area contributed by atoms with Gasteiger partial charge >= 0.3 is 0 Å². The van der Waals surface area contributed by atoms with Gasteiger partial charge in [-0.2, -0.15) is 5.10 Å². The minimum atomic E-state index is -0.217. The largest absolute Gasteiger partial charge is 0.490 e. The zero-order valence-electron chi connectivity index (χ0n) is 23.0. The summed E-state index contributed by atoms with van der Waals surface area (Å²) < 4.78 is 33.4. The van der Waals surface area contributed by atoms with Crippen molar-refractivity contribution in [3.63, 3.8) is 0 Å². The van der Waals surface area contributed by atoms with Crippen molar-refractivity contribution in [2.24, 2.45) is 0 Å². The molecule has 1 N–H and O–H groups in total. The molecule has 0 saturated carbocycles. The number of benzene rings is 2. The Morgan fingerprint density at radius 1 is 1.21 bits per heavy atom. The van der Waals surface area contributed by atoms with E-state index in [0.717, 1.165) is 74.5 Å². The number of anilines is 1. The first-order valence-corrected chi connectivity index (χ1v) is 14.1. The van der Waals surface area contributed by atoms with Gasteiger partial charge in [0.25, 0.3) is 0 Å². The molecule has 1 unspecified atom stereocenters. The van der Waals surface area contributed by atoms with Crippen LogP contribution in [0.4, 0.5) is 10.1 Å². The number of methoxy groups -OCH3 is 1. The van der Waals surface area contributed by atoms with Gasteiger partial charge in [-0.3, -0.25) is 0 Å². The third kappa shape index (κ3) is 6.96. The third-order valence-electron chi connectivity index (χ3n) is 7.96. The Morgan fingerprint density at radius 2 is 2.08 bits per heavy atom. The monoisotopic (exact) mass is 537 g/mol. The van der Waals surface area contributed by atoms with Gasteiger partial charge in [0.15, 0.2) is 0 Å². The van der Waals surface area contributed by atoms with Gasteiger partial charge in [-0.05, 0) is 61.1 Å². The molecule has 39 heavy (non-hydrogen) atoms. The summed E-state index contributed by atoms with van der Waals surface area (Å²) in [6, 6.07) is 13.8. The smallest absolute Gasteiger partial charge is 0.142 e. The summed E-state index contributed by atoms with van der Waals surface area (Å²) in [4.78, 5) is 6.50. The molecule has 9 heteroatoms. The topological polar surface area (TPSA) is 73.7 Å². The Labute approximate surface area is 230 Å². The molecule has 0 aliphatic carbocycles. The van der Waals surface area contributed by atoms with E-state index in [4.69, 9.17) is 14.2 Å². The van der Waals surface area contributed by atoms with Crippen molar-refractivity contribution < 1.29 is 18.6 Å². The molecule has 1 saturated heterocycles. The fourth-order valence-corrected chi connectivity index (χ4v) is 5.82. The second-order valence-electron chi connectivity index (χ2n) is 10.5. The number of hydrogen-bond acceptors (Lipinski definition) is 7. The van der Waals surface area contributed by atoms with E-state index in [1.54, 1.807) is 31.9 Å². The molecule has 4 atom stereocenters. The van der Waals surface area contributed by atoms with Crippen LogP contribution in [-0.2, 0) is 16.1 Å². The Balaban J connectivity index is 1.27. The predicted molar refractivity (Wildman–Crippen MR) is 149 cm³/mol. The van der Waals surface area contributed by atoms with Crippen molar-refractivity contribution in [2.45, 2.75) is 63.3 Å². The first-order valence-electron chi connectivity index (χ1n) is 14.1. The maximum Gasteiger partial charge on any atom is 0.142 e. The predicted octanol–water partition coefficient (Wildman–Crippen LogP) is 4.72. The molecule has 0 bridgehead atoms. The summed E-state index contributed by atoms with van der Waals surface area (Å²) in [5.74, 6) is 0.869. The standard InChI is InChI=1S/C30H40FN5O3/c1-3-26(36-21-32-20-34-36)16-25-17-27(23-6-8-24(31)9-7-23)30(18-33-25)39-19-22-5-10-29-28(15-22)35(12-14-38-29)11-4-13-37-2/h5-10,15,20-21,25-27,30,33H,3-4,11-14,16-19H2,1-2H3/t25-,26?,27+,30-/m0/s1. The van der Waals surface area contributed by atoms with Crippen molar-refractivity contribution in [1.82, 2.24) is 20.1 Å². The van der Waals surface area contributed by atoms with E-state index in [-0.39, 0.29) is 23.9 Å². The molecule has 3 aromatic rings. The maximum absolute atomic E-state index is 13.8. The number of rotatable bonds is 12. The highest BCUT2D eigenvalue weighted by molar-refractivity contribution is 5.61. The van der Waals surface area contributed by atoms with E-state index in [1.807, 2.05) is 16.8 Å². The van der Waals surface area contributed by atoms with Crippen LogP contribution in [0.2, 0.25) is 0 Å². The molecular formula is C30H40FN5O3. The highest BCUT2D eigenvalue weighted by Gasteiger charge is 2.33. The Bertz CT molecular complexity index is 1160. The molecule has 0 amide bonds. The first-order chi connectivity index (χ1) is 19.1. The van der Waals surface area contributed by atoms with Crippen molar-refractivity contribution in [3.8, 4) is 5.75 Å². The third-order valence-corrected chi connectivity index (χ3v) is 7.96. The van der Waals surface area contributed by atoms with Crippen LogP contribution in [0.25, 0.3) is 0 Å². The van der Waals surface area contributed by atoms with Crippen LogP contribution in [0, 0.1) is 5.82 Å². The fraction of sp³-hybridized carbons (Fsp3) is 0.533. The lowest BCUT2D eigenvalue weighted by molar-refractivity contribution is 0.00102. The Morgan fingerprint density at radius 3 is 2.85 bits per heavy atom. The number of fused-ring (bicyclic) bond motifs is 1. The summed E-state index contributed by atoms with van der Waals surface area (Å²) >= 11 is 0. The van der Waals surface area contributed by atoms with Gasteiger partial charge in [0.2, 0.25) is 0 Å². The Hall–Kier alpha value is -3.01. The molecule has 0 spiro atoms. The van der Waals surface area contributed by atoms with E-state index in [1.165, 1.54) is 0 Å². The van der Waals surface area contributed by atoms with Crippen LogP contribution in [0.15, 0.2) is 55.1 Å². The normalized spacial score (nSPS) is 21.8.